The smallest absolute Gasteiger partial charge is 0.0726 e. The maximum absolute atomic E-state index is 5.85. The maximum atomic E-state index is 5.85. The van der Waals surface area contributed by atoms with Crippen LogP contribution in [0.1, 0.15) is 52.7 Å². The van der Waals surface area contributed by atoms with Gasteiger partial charge in [0.05, 0.1) is 12.2 Å². The predicted molar refractivity (Wildman–Crippen MR) is 69.7 cm³/mol. The molecule has 0 unspecified atom stereocenters. The molecule has 0 aromatic heterocycles. The molecule has 0 saturated carbocycles. The van der Waals surface area contributed by atoms with Gasteiger partial charge in [0.15, 0.2) is 0 Å². The molecule has 0 radical (unpaired) electrons. The first kappa shape index (κ1) is 13.2. The second-order valence-corrected chi connectivity index (χ2v) is 6.31. The van der Waals surface area contributed by atoms with Gasteiger partial charge < -0.3 is 4.74 Å². The molecule has 1 heteroatoms. The van der Waals surface area contributed by atoms with Gasteiger partial charge in [-0.2, -0.15) is 0 Å². The summed E-state index contributed by atoms with van der Waals surface area (Å²) in [4.78, 5) is 0. The Hall–Kier alpha value is -0.820. The standard InChI is InChI=1S/C15H24O/c1-14(2,3)13-10-8-7-9-12(13)11-16-15(4,5)6/h7-10H,11H2,1-6H3. The molecule has 0 heterocycles. The fraction of sp³-hybridized carbons (Fsp3) is 0.600. The van der Waals surface area contributed by atoms with E-state index in [4.69, 9.17) is 4.74 Å². The Bertz CT molecular complexity index is 339. The van der Waals surface area contributed by atoms with Gasteiger partial charge in [-0.3, -0.25) is 0 Å². The van der Waals surface area contributed by atoms with Crippen molar-refractivity contribution in [3.63, 3.8) is 0 Å². The molecule has 0 fully saturated rings. The summed E-state index contributed by atoms with van der Waals surface area (Å²) in [5, 5.41) is 0. The zero-order chi connectivity index (χ0) is 12.4. The second kappa shape index (κ2) is 4.58. The normalized spacial score (nSPS) is 12.9. The van der Waals surface area contributed by atoms with Crippen molar-refractivity contribution in [2.24, 2.45) is 0 Å². The summed E-state index contributed by atoms with van der Waals surface area (Å²) in [7, 11) is 0. The lowest BCUT2D eigenvalue weighted by Gasteiger charge is -2.25. The minimum absolute atomic E-state index is 0.0784. The molecule has 0 aliphatic heterocycles. The monoisotopic (exact) mass is 220 g/mol. The van der Waals surface area contributed by atoms with Gasteiger partial charge in [0.25, 0.3) is 0 Å². The third kappa shape index (κ3) is 3.97. The second-order valence-electron chi connectivity index (χ2n) is 6.31. The summed E-state index contributed by atoms with van der Waals surface area (Å²) < 4.78 is 5.85. The Balaban J connectivity index is 2.88. The highest BCUT2D eigenvalue weighted by Gasteiger charge is 2.18. The van der Waals surface area contributed by atoms with Crippen LogP contribution in [0.3, 0.4) is 0 Å². The molecule has 1 rings (SSSR count). The van der Waals surface area contributed by atoms with Crippen LogP contribution in [0.2, 0.25) is 0 Å². The van der Waals surface area contributed by atoms with Crippen molar-refractivity contribution in [1.82, 2.24) is 0 Å². The van der Waals surface area contributed by atoms with Crippen molar-refractivity contribution in [2.45, 2.75) is 59.2 Å². The van der Waals surface area contributed by atoms with Gasteiger partial charge in [-0.1, -0.05) is 45.0 Å². The summed E-state index contributed by atoms with van der Waals surface area (Å²) in [5.41, 5.74) is 2.77. The van der Waals surface area contributed by atoms with Crippen LogP contribution in [-0.2, 0) is 16.8 Å². The van der Waals surface area contributed by atoms with E-state index in [1.54, 1.807) is 0 Å². The minimum atomic E-state index is -0.0784. The van der Waals surface area contributed by atoms with Gasteiger partial charge in [-0.25, -0.2) is 0 Å². The van der Waals surface area contributed by atoms with Gasteiger partial charge in [0, 0.05) is 0 Å². The first-order valence-electron chi connectivity index (χ1n) is 5.92. The molecule has 90 valence electrons. The van der Waals surface area contributed by atoms with Crippen molar-refractivity contribution >= 4 is 0 Å². The van der Waals surface area contributed by atoms with Crippen LogP contribution in [0.4, 0.5) is 0 Å². The van der Waals surface area contributed by atoms with Gasteiger partial charge in [-0.15, -0.1) is 0 Å². The molecule has 0 N–H and O–H groups in total. The topological polar surface area (TPSA) is 9.23 Å². The highest BCUT2D eigenvalue weighted by Crippen LogP contribution is 2.27. The van der Waals surface area contributed by atoms with Crippen LogP contribution in [-0.4, -0.2) is 5.60 Å². The molecule has 16 heavy (non-hydrogen) atoms. The van der Waals surface area contributed by atoms with Gasteiger partial charge in [0.1, 0.15) is 0 Å². The highest BCUT2D eigenvalue weighted by molar-refractivity contribution is 5.32. The molecular formula is C15H24O. The van der Waals surface area contributed by atoms with E-state index in [0.717, 1.165) is 0 Å². The van der Waals surface area contributed by atoms with E-state index in [2.05, 4.69) is 65.8 Å². The highest BCUT2D eigenvalue weighted by atomic mass is 16.5. The molecule has 1 aromatic rings. The van der Waals surface area contributed by atoms with E-state index < -0.39 is 0 Å². The van der Waals surface area contributed by atoms with Crippen molar-refractivity contribution in [1.29, 1.82) is 0 Å². The zero-order valence-electron chi connectivity index (χ0n) is 11.4. The fourth-order valence-corrected chi connectivity index (χ4v) is 1.67. The van der Waals surface area contributed by atoms with Crippen LogP contribution in [0.15, 0.2) is 24.3 Å². The lowest BCUT2D eigenvalue weighted by Crippen LogP contribution is -2.21. The Labute approximate surface area is 99.8 Å². The van der Waals surface area contributed by atoms with Crippen LogP contribution >= 0.6 is 0 Å². The van der Waals surface area contributed by atoms with Gasteiger partial charge in [-0.05, 0) is 37.3 Å². The van der Waals surface area contributed by atoms with E-state index in [9.17, 15) is 0 Å². The summed E-state index contributed by atoms with van der Waals surface area (Å²) in [6.07, 6.45) is 0. The van der Waals surface area contributed by atoms with E-state index in [1.807, 2.05) is 0 Å². The summed E-state index contributed by atoms with van der Waals surface area (Å²) in [6, 6.07) is 8.53. The lowest BCUT2D eigenvalue weighted by molar-refractivity contribution is -0.0155. The van der Waals surface area contributed by atoms with Crippen LogP contribution < -0.4 is 0 Å². The first-order chi connectivity index (χ1) is 7.20. The van der Waals surface area contributed by atoms with E-state index in [-0.39, 0.29) is 11.0 Å². The molecule has 0 saturated heterocycles. The molecule has 0 atom stereocenters. The largest absolute Gasteiger partial charge is 0.371 e. The fourth-order valence-electron chi connectivity index (χ4n) is 1.67. The number of rotatable bonds is 2. The lowest BCUT2D eigenvalue weighted by atomic mass is 9.84. The van der Waals surface area contributed by atoms with Gasteiger partial charge >= 0.3 is 0 Å². The Kier molecular flexibility index (Phi) is 3.80. The molecule has 0 bridgehead atoms. The average Bonchev–Trinajstić information content (AvgIpc) is 2.12. The van der Waals surface area contributed by atoms with Gasteiger partial charge in [0.2, 0.25) is 0 Å². The summed E-state index contributed by atoms with van der Waals surface area (Å²) in [6.45, 7) is 13.7. The van der Waals surface area contributed by atoms with E-state index in [1.165, 1.54) is 11.1 Å². The SMILES string of the molecule is CC(C)(C)OCc1ccccc1C(C)(C)C. The van der Waals surface area contributed by atoms with Crippen LogP contribution in [0.5, 0.6) is 0 Å². The number of benzene rings is 1. The Morgan fingerprint density at radius 1 is 0.938 bits per heavy atom. The molecular weight excluding hydrogens is 196 g/mol. The van der Waals surface area contributed by atoms with E-state index in [0.29, 0.717) is 6.61 Å². The molecule has 0 aliphatic rings. The van der Waals surface area contributed by atoms with E-state index >= 15 is 0 Å². The summed E-state index contributed by atoms with van der Waals surface area (Å²) in [5.74, 6) is 0. The number of hydrogen-bond donors (Lipinski definition) is 0. The Morgan fingerprint density at radius 2 is 1.50 bits per heavy atom. The van der Waals surface area contributed by atoms with Crippen molar-refractivity contribution in [3.8, 4) is 0 Å². The molecule has 0 amide bonds. The van der Waals surface area contributed by atoms with Crippen molar-refractivity contribution < 1.29 is 4.74 Å². The van der Waals surface area contributed by atoms with Crippen molar-refractivity contribution in [3.05, 3.63) is 35.4 Å². The molecule has 1 aromatic carbocycles. The molecule has 0 spiro atoms. The minimum Gasteiger partial charge on any atom is -0.371 e. The zero-order valence-corrected chi connectivity index (χ0v) is 11.4. The predicted octanol–water partition coefficient (Wildman–Crippen LogP) is 4.30. The first-order valence-corrected chi connectivity index (χ1v) is 5.92. The molecule has 1 nitrogen and oxygen atoms in total. The quantitative estimate of drug-likeness (QED) is 0.722. The van der Waals surface area contributed by atoms with Crippen molar-refractivity contribution in [2.75, 3.05) is 0 Å². The van der Waals surface area contributed by atoms with Crippen LogP contribution in [0.25, 0.3) is 0 Å². The Morgan fingerprint density at radius 3 is 2.00 bits per heavy atom. The third-order valence-electron chi connectivity index (χ3n) is 2.49. The maximum Gasteiger partial charge on any atom is 0.0726 e. The number of hydrogen-bond acceptors (Lipinski definition) is 1. The molecule has 0 aliphatic carbocycles. The third-order valence-corrected chi connectivity index (χ3v) is 2.49. The summed E-state index contributed by atoms with van der Waals surface area (Å²) >= 11 is 0. The average molecular weight is 220 g/mol. The number of ether oxygens (including phenoxy) is 1. The van der Waals surface area contributed by atoms with Crippen LogP contribution in [0, 0.1) is 0 Å².